The van der Waals surface area contributed by atoms with Crippen LogP contribution < -0.4 is 15.0 Å². The Morgan fingerprint density at radius 3 is 2.64 bits per heavy atom. The van der Waals surface area contributed by atoms with Crippen molar-refractivity contribution < 1.29 is 14.3 Å². The maximum Gasteiger partial charge on any atom is 0.227 e. The molecular formula is C23H28N2O3. The van der Waals surface area contributed by atoms with Crippen LogP contribution in [0.1, 0.15) is 30.0 Å². The zero-order chi connectivity index (χ0) is 20.1. The third-order valence-electron chi connectivity index (χ3n) is 5.34. The van der Waals surface area contributed by atoms with Crippen molar-refractivity contribution in [3.63, 3.8) is 0 Å². The van der Waals surface area contributed by atoms with E-state index in [1.54, 1.807) is 12.0 Å². The number of nitrogens with zero attached hydrogens (tertiary/aromatic N) is 1. The van der Waals surface area contributed by atoms with Crippen molar-refractivity contribution in [3.8, 4) is 5.75 Å². The van der Waals surface area contributed by atoms with Gasteiger partial charge in [-0.15, -0.1) is 0 Å². The quantitative estimate of drug-likeness (QED) is 0.802. The summed E-state index contributed by atoms with van der Waals surface area (Å²) >= 11 is 0. The highest BCUT2D eigenvalue weighted by molar-refractivity contribution is 6.01. The van der Waals surface area contributed by atoms with Crippen molar-refractivity contribution in [2.75, 3.05) is 25.1 Å². The van der Waals surface area contributed by atoms with Crippen LogP contribution in [0.5, 0.6) is 5.75 Å². The Kier molecular flexibility index (Phi) is 6.34. The van der Waals surface area contributed by atoms with Crippen LogP contribution in [0, 0.1) is 12.8 Å². The topological polar surface area (TPSA) is 58.6 Å². The van der Waals surface area contributed by atoms with Crippen LogP contribution in [0.25, 0.3) is 0 Å². The van der Waals surface area contributed by atoms with Gasteiger partial charge in [-0.25, -0.2) is 0 Å². The molecule has 3 rings (SSSR count). The number of amides is 2. The molecule has 0 saturated carbocycles. The van der Waals surface area contributed by atoms with Gasteiger partial charge in [0, 0.05) is 25.2 Å². The molecule has 1 fully saturated rings. The molecule has 0 aromatic heterocycles. The fourth-order valence-electron chi connectivity index (χ4n) is 3.76. The van der Waals surface area contributed by atoms with E-state index in [9.17, 15) is 9.59 Å². The van der Waals surface area contributed by atoms with E-state index in [0.29, 0.717) is 13.1 Å². The highest BCUT2D eigenvalue weighted by Gasteiger charge is 2.36. The molecule has 5 heteroatoms. The molecule has 2 aromatic carbocycles. The fourth-order valence-corrected chi connectivity index (χ4v) is 3.76. The van der Waals surface area contributed by atoms with Crippen LogP contribution in [-0.4, -0.2) is 32.0 Å². The third-order valence-corrected chi connectivity index (χ3v) is 5.34. The van der Waals surface area contributed by atoms with Crippen molar-refractivity contribution in [1.29, 1.82) is 0 Å². The Labute approximate surface area is 166 Å². The van der Waals surface area contributed by atoms with Gasteiger partial charge in [-0.1, -0.05) is 37.3 Å². The first-order valence-electron chi connectivity index (χ1n) is 9.83. The van der Waals surface area contributed by atoms with E-state index >= 15 is 0 Å². The van der Waals surface area contributed by atoms with E-state index in [2.05, 4.69) is 18.3 Å². The standard InChI is InChI=1S/C23H28N2O3/c1-4-18-7-5-6-16(2)22(18)25-15-19(14-21(25)26)23(27)24-13-12-17-8-10-20(28-3)11-9-17/h5-11,19H,4,12-15H2,1-3H3,(H,24,27). The number of hydrogen-bond acceptors (Lipinski definition) is 3. The lowest BCUT2D eigenvalue weighted by Crippen LogP contribution is -2.34. The summed E-state index contributed by atoms with van der Waals surface area (Å²) < 4.78 is 5.15. The summed E-state index contributed by atoms with van der Waals surface area (Å²) in [6, 6.07) is 13.9. The Balaban J connectivity index is 1.58. The van der Waals surface area contributed by atoms with Crippen molar-refractivity contribution in [3.05, 3.63) is 59.2 Å². The molecule has 2 amide bonds. The van der Waals surface area contributed by atoms with Gasteiger partial charge < -0.3 is 15.0 Å². The lowest BCUT2D eigenvalue weighted by atomic mass is 10.0. The van der Waals surface area contributed by atoms with Crippen LogP contribution in [0.3, 0.4) is 0 Å². The summed E-state index contributed by atoms with van der Waals surface area (Å²) in [5, 5.41) is 2.99. The Bertz CT molecular complexity index is 845. The third kappa shape index (κ3) is 4.35. The smallest absolute Gasteiger partial charge is 0.227 e. The summed E-state index contributed by atoms with van der Waals surface area (Å²) in [7, 11) is 1.64. The van der Waals surface area contributed by atoms with E-state index in [1.165, 1.54) is 0 Å². The van der Waals surface area contributed by atoms with E-state index in [4.69, 9.17) is 4.74 Å². The van der Waals surface area contributed by atoms with Gasteiger partial charge >= 0.3 is 0 Å². The molecule has 1 aliphatic rings. The molecule has 1 aliphatic heterocycles. The Morgan fingerprint density at radius 1 is 1.21 bits per heavy atom. The number of benzene rings is 2. The molecule has 1 unspecified atom stereocenters. The van der Waals surface area contributed by atoms with Crippen molar-refractivity contribution in [1.82, 2.24) is 5.32 Å². The van der Waals surface area contributed by atoms with Gasteiger partial charge in [-0.3, -0.25) is 9.59 Å². The molecule has 1 N–H and O–H groups in total. The molecular weight excluding hydrogens is 352 g/mol. The number of aryl methyl sites for hydroxylation is 2. The second kappa shape index (κ2) is 8.91. The molecule has 28 heavy (non-hydrogen) atoms. The monoisotopic (exact) mass is 380 g/mol. The summed E-state index contributed by atoms with van der Waals surface area (Å²) in [4.78, 5) is 27.0. The molecule has 5 nitrogen and oxygen atoms in total. The molecule has 1 heterocycles. The fraction of sp³-hybridized carbons (Fsp3) is 0.391. The number of carbonyl (C=O) groups excluding carboxylic acids is 2. The molecule has 2 aromatic rings. The zero-order valence-corrected chi connectivity index (χ0v) is 16.8. The Morgan fingerprint density at radius 2 is 1.96 bits per heavy atom. The summed E-state index contributed by atoms with van der Waals surface area (Å²) in [6.45, 7) is 5.11. The SMILES string of the molecule is CCc1cccc(C)c1N1CC(C(=O)NCCc2ccc(OC)cc2)CC1=O. The van der Waals surface area contributed by atoms with Crippen molar-refractivity contribution >= 4 is 17.5 Å². The lowest BCUT2D eigenvalue weighted by molar-refractivity contribution is -0.126. The predicted molar refractivity (Wildman–Crippen MR) is 111 cm³/mol. The van der Waals surface area contributed by atoms with E-state index in [1.807, 2.05) is 43.3 Å². The molecule has 148 valence electrons. The number of anilines is 1. The molecule has 0 radical (unpaired) electrons. The molecule has 0 aliphatic carbocycles. The minimum Gasteiger partial charge on any atom is -0.497 e. The van der Waals surface area contributed by atoms with Gasteiger partial charge in [-0.05, 0) is 48.6 Å². The van der Waals surface area contributed by atoms with Crippen LogP contribution in [0.4, 0.5) is 5.69 Å². The number of nitrogens with one attached hydrogen (secondary N) is 1. The highest BCUT2D eigenvalue weighted by atomic mass is 16.5. The number of para-hydroxylation sites is 1. The van der Waals surface area contributed by atoms with Gasteiger partial charge in [-0.2, -0.15) is 0 Å². The first-order valence-corrected chi connectivity index (χ1v) is 9.83. The first kappa shape index (κ1) is 19.9. The van der Waals surface area contributed by atoms with Crippen LogP contribution in [0.2, 0.25) is 0 Å². The van der Waals surface area contributed by atoms with Crippen LogP contribution in [-0.2, 0) is 22.4 Å². The van der Waals surface area contributed by atoms with Crippen molar-refractivity contribution in [2.45, 2.75) is 33.1 Å². The average Bonchev–Trinajstić information content (AvgIpc) is 3.09. The van der Waals surface area contributed by atoms with Gasteiger partial charge in [0.1, 0.15) is 5.75 Å². The van der Waals surface area contributed by atoms with E-state index in [-0.39, 0.29) is 24.2 Å². The minimum atomic E-state index is -0.298. The lowest BCUT2D eigenvalue weighted by Gasteiger charge is -2.22. The van der Waals surface area contributed by atoms with E-state index < -0.39 is 0 Å². The van der Waals surface area contributed by atoms with Gasteiger partial charge in [0.2, 0.25) is 11.8 Å². The maximum absolute atomic E-state index is 12.6. The normalized spacial score (nSPS) is 16.3. The number of carbonyl (C=O) groups is 2. The van der Waals surface area contributed by atoms with Crippen LogP contribution >= 0.6 is 0 Å². The number of rotatable bonds is 7. The van der Waals surface area contributed by atoms with Gasteiger partial charge in [0.25, 0.3) is 0 Å². The Hall–Kier alpha value is -2.82. The number of methoxy groups -OCH3 is 1. The highest BCUT2D eigenvalue weighted by Crippen LogP contribution is 2.31. The first-order chi connectivity index (χ1) is 13.5. The minimum absolute atomic E-state index is 0.0271. The second-order valence-electron chi connectivity index (χ2n) is 7.23. The second-order valence-corrected chi connectivity index (χ2v) is 7.23. The van der Waals surface area contributed by atoms with E-state index in [0.717, 1.165) is 41.0 Å². The molecule has 1 saturated heterocycles. The zero-order valence-electron chi connectivity index (χ0n) is 16.8. The van der Waals surface area contributed by atoms with Gasteiger partial charge in [0.05, 0.1) is 13.0 Å². The summed E-state index contributed by atoms with van der Waals surface area (Å²) in [5.41, 5.74) is 4.34. The number of hydrogen-bond donors (Lipinski definition) is 1. The van der Waals surface area contributed by atoms with Gasteiger partial charge in [0.15, 0.2) is 0 Å². The molecule has 0 spiro atoms. The van der Waals surface area contributed by atoms with Crippen molar-refractivity contribution in [2.24, 2.45) is 5.92 Å². The molecule has 0 bridgehead atoms. The maximum atomic E-state index is 12.6. The predicted octanol–water partition coefficient (Wildman–Crippen LogP) is 3.28. The summed E-state index contributed by atoms with van der Waals surface area (Å²) in [6.07, 6.45) is 1.88. The largest absolute Gasteiger partial charge is 0.497 e. The summed E-state index contributed by atoms with van der Waals surface area (Å²) in [5.74, 6) is 0.503. The molecule has 1 atom stereocenters. The van der Waals surface area contributed by atoms with Crippen LogP contribution in [0.15, 0.2) is 42.5 Å². The number of ether oxygens (including phenoxy) is 1. The average molecular weight is 380 g/mol.